The largest absolute Gasteiger partial charge is 0.439 e. The Morgan fingerprint density at radius 1 is 1.20 bits per heavy atom. The Hall–Kier alpha value is -2.03. The van der Waals surface area contributed by atoms with Gasteiger partial charge in [0.25, 0.3) is 0 Å². The number of aromatic nitrogens is 1. The standard InChI is InChI=1S/C12H12N2O/c1-9-5-6-12(14-8-9)15-11-4-2-3-10(13)7-11/h2-8H,13H2,1H3. The Morgan fingerprint density at radius 3 is 2.73 bits per heavy atom. The Bertz CT molecular complexity index is 451. The normalized spacial score (nSPS) is 9.93. The number of pyridine rings is 1. The molecule has 0 aliphatic rings. The molecular formula is C12H12N2O. The molecule has 0 radical (unpaired) electrons. The molecule has 0 unspecified atom stereocenters. The van der Waals surface area contributed by atoms with Gasteiger partial charge < -0.3 is 10.5 Å². The summed E-state index contributed by atoms with van der Waals surface area (Å²) in [5.74, 6) is 1.28. The molecule has 1 aromatic carbocycles. The second kappa shape index (κ2) is 4.00. The first kappa shape index (κ1) is 9.52. The molecular weight excluding hydrogens is 188 g/mol. The molecule has 3 heteroatoms. The highest BCUT2D eigenvalue weighted by Gasteiger charge is 1.97. The molecule has 0 atom stereocenters. The zero-order valence-corrected chi connectivity index (χ0v) is 8.47. The van der Waals surface area contributed by atoms with E-state index in [9.17, 15) is 0 Å². The summed E-state index contributed by atoms with van der Waals surface area (Å²) in [4.78, 5) is 4.14. The molecule has 2 rings (SSSR count). The van der Waals surface area contributed by atoms with Crippen molar-refractivity contribution in [2.75, 3.05) is 5.73 Å². The van der Waals surface area contributed by atoms with Crippen LogP contribution in [0.2, 0.25) is 0 Å². The monoisotopic (exact) mass is 200 g/mol. The van der Waals surface area contributed by atoms with Crippen LogP contribution in [0.25, 0.3) is 0 Å². The quantitative estimate of drug-likeness (QED) is 0.758. The van der Waals surface area contributed by atoms with E-state index in [1.54, 1.807) is 12.3 Å². The van der Waals surface area contributed by atoms with E-state index in [2.05, 4.69) is 4.98 Å². The van der Waals surface area contributed by atoms with Gasteiger partial charge in [-0.2, -0.15) is 0 Å². The average Bonchev–Trinajstić information content (AvgIpc) is 2.22. The smallest absolute Gasteiger partial charge is 0.219 e. The second-order valence-corrected chi connectivity index (χ2v) is 3.35. The van der Waals surface area contributed by atoms with Crippen LogP contribution in [0.15, 0.2) is 42.6 Å². The van der Waals surface area contributed by atoms with Crippen LogP contribution in [0.4, 0.5) is 5.69 Å². The zero-order valence-electron chi connectivity index (χ0n) is 8.47. The van der Waals surface area contributed by atoms with Crippen LogP contribution in [-0.4, -0.2) is 4.98 Å². The topological polar surface area (TPSA) is 48.1 Å². The predicted octanol–water partition coefficient (Wildman–Crippen LogP) is 2.76. The molecule has 0 amide bonds. The highest BCUT2D eigenvalue weighted by Crippen LogP contribution is 2.20. The number of rotatable bonds is 2. The van der Waals surface area contributed by atoms with Crippen molar-refractivity contribution < 1.29 is 4.74 Å². The molecule has 1 aromatic heterocycles. The van der Waals surface area contributed by atoms with Crippen molar-refractivity contribution in [3.63, 3.8) is 0 Å². The Morgan fingerprint density at radius 2 is 2.07 bits per heavy atom. The molecule has 0 bridgehead atoms. The van der Waals surface area contributed by atoms with Crippen molar-refractivity contribution in [3.8, 4) is 11.6 Å². The SMILES string of the molecule is Cc1ccc(Oc2cccc(N)c2)nc1. The Labute approximate surface area is 88.5 Å². The van der Waals surface area contributed by atoms with Gasteiger partial charge in [0, 0.05) is 24.0 Å². The van der Waals surface area contributed by atoms with E-state index in [-0.39, 0.29) is 0 Å². The molecule has 1 heterocycles. The summed E-state index contributed by atoms with van der Waals surface area (Å²) < 4.78 is 5.52. The number of aryl methyl sites for hydroxylation is 1. The van der Waals surface area contributed by atoms with Crippen LogP contribution < -0.4 is 10.5 Å². The number of anilines is 1. The van der Waals surface area contributed by atoms with E-state index in [1.807, 2.05) is 37.3 Å². The Balaban J connectivity index is 2.18. The van der Waals surface area contributed by atoms with E-state index >= 15 is 0 Å². The minimum atomic E-state index is 0.575. The number of benzene rings is 1. The molecule has 76 valence electrons. The van der Waals surface area contributed by atoms with Crippen LogP contribution in [0.1, 0.15) is 5.56 Å². The lowest BCUT2D eigenvalue weighted by Crippen LogP contribution is -1.89. The summed E-state index contributed by atoms with van der Waals surface area (Å²) in [5.41, 5.74) is 7.42. The van der Waals surface area contributed by atoms with Crippen LogP contribution in [0.3, 0.4) is 0 Å². The van der Waals surface area contributed by atoms with Gasteiger partial charge in [-0.3, -0.25) is 0 Å². The first-order valence-corrected chi connectivity index (χ1v) is 4.70. The predicted molar refractivity (Wildman–Crippen MR) is 59.9 cm³/mol. The number of ether oxygens (including phenoxy) is 1. The number of nitrogen functional groups attached to an aromatic ring is 1. The first-order valence-electron chi connectivity index (χ1n) is 4.70. The second-order valence-electron chi connectivity index (χ2n) is 3.35. The van der Waals surface area contributed by atoms with Gasteiger partial charge in [0.15, 0.2) is 0 Å². The van der Waals surface area contributed by atoms with E-state index < -0.39 is 0 Å². The van der Waals surface area contributed by atoms with E-state index in [1.165, 1.54) is 0 Å². The molecule has 0 spiro atoms. The summed E-state index contributed by atoms with van der Waals surface area (Å²) in [6.45, 7) is 1.98. The summed E-state index contributed by atoms with van der Waals surface area (Å²) in [5, 5.41) is 0. The zero-order chi connectivity index (χ0) is 10.7. The lowest BCUT2D eigenvalue weighted by molar-refractivity contribution is 0.463. The molecule has 3 nitrogen and oxygen atoms in total. The van der Waals surface area contributed by atoms with Gasteiger partial charge >= 0.3 is 0 Å². The molecule has 0 saturated heterocycles. The molecule has 0 fully saturated rings. The third-order valence-corrected chi connectivity index (χ3v) is 1.96. The number of nitrogens with two attached hydrogens (primary N) is 1. The van der Waals surface area contributed by atoms with Crippen molar-refractivity contribution >= 4 is 5.69 Å². The lowest BCUT2D eigenvalue weighted by atomic mass is 10.3. The van der Waals surface area contributed by atoms with Crippen molar-refractivity contribution in [2.24, 2.45) is 0 Å². The van der Waals surface area contributed by atoms with Crippen molar-refractivity contribution in [2.45, 2.75) is 6.92 Å². The van der Waals surface area contributed by atoms with Gasteiger partial charge in [-0.1, -0.05) is 12.1 Å². The average molecular weight is 200 g/mol. The van der Waals surface area contributed by atoms with Gasteiger partial charge in [-0.25, -0.2) is 4.98 Å². The van der Waals surface area contributed by atoms with Crippen LogP contribution in [0, 0.1) is 6.92 Å². The summed E-state index contributed by atoms with van der Waals surface area (Å²) >= 11 is 0. The van der Waals surface area contributed by atoms with E-state index in [0.717, 1.165) is 5.56 Å². The Kier molecular flexibility index (Phi) is 2.54. The first-order chi connectivity index (χ1) is 7.24. The number of nitrogens with zero attached hydrogens (tertiary/aromatic N) is 1. The number of hydrogen-bond acceptors (Lipinski definition) is 3. The third-order valence-electron chi connectivity index (χ3n) is 1.96. The fourth-order valence-corrected chi connectivity index (χ4v) is 1.21. The highest BCUT2D eigenvalue weighted by molar-refractivity contribution is 5.44. The molecule has 0 aliphatic carbocycles. The maximum atomic E-state index is 5.64. The third kappa shape index (κ3) is 2.47. The summed E-state index contributed by atoms with van der Waals surface area (Å²) in [7, 11) is 0. The van der Waals surface area contributed by atoms with Crippen LogP contribution in [0.5, 0.6) is 11.6 Å². The summed E-state index contributed by atoms with van der Waals surface area (Å²) in [6, 6.07) is 11.1. The van der Waals surface area contributed by atoms with Crippen LogP contribution >= 0.6 is 0 Å². The number of hydrogen-bond donors (Lipinski definition) is 1. The fraction of sp³-hybridized carbons (Fsp3) is 0.0833. The van der Waals surface area contributed by atoms with Crippen LogP contribution in [-0.2, 0) is 0 Å². The highest BCUT2D eigenvalue weighted by atomic mass is 16.5. The minimum Gasteiger partial charge on any atom is -0.439 e. The molecule has 15 heavy (non-hydrogen) atoms. The van der Waals surface area contributed by atoms with Crippen molar-refractivity contribution in [1.29, 1.82) is 0 Å². The van der Waals surface area contributed by atoms with Gasteiger partial charge in [0.2, 0.25) is 5.88 Å². The summed E-state index contributed by atoms with van der Waals surface area (Å²) in [6.07, 6.45) is 1.77. The molecule has 2 N–H and O–H groups in total. The molecule has 0 saturated carbocycles. The van der Waals surface area contributed by atoms with Gasteiger partial charge in [-0.05, 0) is 24.6 Å². The molecule has 0 aliphatic heterocycles. The van der Waals surface area contributed by atoms with E-state index in [0.29, 0.717) is 17.3 Å². The maximum absolute atomic E-state index is 5.64. The van der Waals surface area contributed by atoms with E-state index in [4.69, 9.17) is 10.5 Å². The van der Waals surface area contributed by atoms with Gasteiger partial charge in [-0.15, -0.1) is 0 Å². The van der Waals surface area contributed by atoms with Crippen molar-refractivity contribution in [3.05, 3.63) is 48.2 Å². The fourth-order valence-electron chi connectivity index (χ4n) is 1.21. The lowest BCUT2D eigenvalue weighted by Gasteiger charge is -2.04. The maximum Gasteiger partial charge on any atom is 0.219 e. The van der Waals surface area contributed by atoms with Gasteiger partial charge in [0.05, 0.1) is 0 Å². The van der Waals surface area contributed by atoms with Gasteiger partial charge in [0.1, 0.15) is 5.75 Å². The minimum absolute atomic E-state index is 0.575. The molecule has 2 aromatic rings. The van der Waals surface area contributed by atoms with Crippen molar-refractivity contribution in [1.82, 2.24) is 4.98 Å².